The third-order valence-electron chi connectivity index (χ3n) is 3.60. The van der Waals surface area contributed by atoms with Crippen LogP contribution >= 0.6 is 15.9 Å². The first-order valence-electron chi connectivity index (χ1n) is 6.92. The molecule has 1 atom stereocenters. The molecule has 4 nitrogen and oxygen atoms in total. The van der Waals surface area contributed by atoms with Crippen LogP contribution in [0.15, 0.2) is 16.7 Å². The van der Waals surface area contributed by atoms with E-state index < -0.39 is 0 Å². The van der Waals surface area contributed by atoms with Crippen molar-refractivity contribution < 1.29 is 4.79 Å². The number of carbonyl (C=O) groups is 1. The summed E-state index contributed by atoms with van der Waals surface area (Å²) in [4.78, 5) is 14.5. The van der Waals surface area contributed by atoms with Crippen molar-refractivity contribution >= 4 is 21.8 Å². The Balaban J connectivity index is 1.92. The molecule has 1 aliphatic rings. The molecule has 0 aliphatic carbocycles. The zero-order chi connectivity index (χ0) is 13.8. The second-order valence-electron chi connectivity index (χ2n) is 5.36. The summed E-state index contributed by atoms with van der Waals surface area (Å²) in [6, 6.07) is 1.89. The number of hydrogen-bond donors (Lipinski definition) is 1. The van der Waals surface area contributed by atoms with Crippen molar-refractivity contribution in [3.8, 4) is 0 Å². The molecular weight excluding hydrogens is 306 g/mol. The second kappa shape index (κ2) is 6.57. The first-order chi connectivity index (χ1) is 9.10. The Morgan fingerprint density at radius 2 is 2.37 bits per heavy atom. The lowest BCUT2D eigenvalue weighted by Gasteiger charge is -2.12. The summed E-state index contributed by atoms with van der Waals surface area (Å²) < 4.78 is 2.98. The second-order valence-corrected chi connectivity index (χ2v) is 6.28. The summed E-state index contributed by atoms with van der Waals surface area (Å²) in [6.45, 7) is 5.99. The maximum absolute atomic E-state index is 12.2. The van der Waals surface area contributed by atoms with E-state index in [-0.39, 0.29) is 5.91 Å². The molecule has 1 aromatic heterocycles. The van der Waals surface area contributed by atoms with Gasteiger partial charge in [0.25, 0.3) is 5.91 Å². The van der Waals surface area contributed by atoms with E-state index in [9.17, 15) is 4.79 Å². The van der Waals surface area contributed by atoms with Crippen LogP contribution < -0.4 is 5.32 Å². The zero-order valence-corrected chi connectivity index (χ0v) is 13.2. The third kappa shape index (κ3) is 3.83. The average Bonchev–Trinajstić information content (AvgIpc) is 2.93. The van der Waals surface area contributed by atoms with Gasteiger partial charge in [0.1, 0.15) is 5.69 Å². The molecule has 1 aliphatic heterocycles. The summed E-state index contributed by atoms with van der Waals surface area (Å²) in [7, 11) is 2.13. The number of hydrogen-bond acceptors (Lipinski definition) is 2. The number of nitrogens with one attached hydrogen (secondary N) is 1. The van der Waals surface area contributed by atoms with Gasteiger partial charge in [-0.05, 0) is 54.3 Å². The molecule has 5 heteroatoms. The number of amides is 1. The van der Waals surface area contributed by atoms with Gasteiger partial charge in [-0.15, -0.1) is 0 Å². The minimum absolute atomic E-state index is 0.0358. The van der Waals surface area contributed by atoms with Crippen molar-refractivity contribution in [3.63, 3.8) is 0 Å². The van der Waals surface area contributed by atoms with Gasteiger partial charge < -0.3 is 14.8 Å². The first-order valence-corrected chi connectivity index (χ1v) is 7.72. The lowest BCUT2D eigenvalue weighted by molar-refractivity contribution is 0.0938. The Morgan fingerprint density at radius 3 is 3.00 bits per heavy atom. The Morgan fingerprint density at radius 1 is 1.58 bits per heavy atom. The van der Waals surface area contributed by atoms with Crippen LogP contribution in [-0.2, 0) is 6.54 Å². The van der Waals surface area contributed by atoms with E-state index in [4.69, 9.17) is 0 Å². The van der Waals surface area contributed by atoms with E-state index in [1.807, 2.05) is 16.8 Å². The Labute approximate surface area is 123 Å². The van der Waals surface area contributed by atoms with Crippen LogP contribution in [0.3, 0.4) is 0 Å². The smallest absolute Gasteiger partial charge is 0.267 e. The quantitative estimate of drug-likeness (QED) is 0.901. The van der Waals surface area contributed by atoms with Crippen LogP contribution in [0.25, 0.3) is 0 Å². The summed E-state index contributed by atoms with van der Waals surface area (Å²) in [5, 5.41) is 3.07. The van der Waals surface area contributed by atoms with Crippen molar-refractivity contribution in [1.29, 1.82) is 0 Å². The van der Waals surface area contributed by atoms with E-state index in [1.165, 1.54) is 6.42 Å². The minimum Gasteiger partial charge on any atom is -0.350 e. The molecule has 1 unspecified atom stereocenters. The van der Waals surface area contributed by atoms with Gasteiger partial charge in [0.05, 0.1) is 0 Å². The minimum atomic E-state index is 0.0358. The van der Waals surface area contributed by atoms with Crippen LogP contribution in [0.1, 0.15) is 30.3 Å². The topological polar surface area (TPSA) is 37.3 Å². The number of halogens is 1. The molecule has 19 heavy (non-hydrogen) atoms. The normalized spacial score (nSPS) is 19.8. The van der Waals surface area contributed by atoms with Gasteiger partial charge >= 0.3 is 0 Å². The molecule has 1 fully saturated rings. The SMILES string of the molecule is CCCn1cc(Br)cc1C(=O)NCC1CCN(C)C1. The highest BCUT2D eigenvalue weighted by molar-refractivity contribution is 9.10. The van der Waals surface area contributed by atoms with E-state index in [0.29, 0.717) is 5.92 Å². The fraction of sp³-hybridized carbons (Fsp3) is 0.643. The van der Waals surface area contributed by atoms with Crippen LogP contribution in [0.5, 0.6) is 0 Å². The molecule has 0 aromatic carbocycles. The highest BCUT2D eigenvalue weighted by Crippen LogP contribution is 2.16. The maximum atomic E-state index is 12.2. The summed E-state index contributed by atoms with van der Waals surface area (Å²) in [5.41, 5.74) is 0.750. The van der Waals surface area contributed by atoms with Crippen molar-refractivity contribution in [2.45, 2.75) is 26.3 Å². The van der Waals surface area contributed by atoms with Gasteiger partial charge in [0, 0.05) is 30.3 Å². The molecule has 0 bridgehead atoms. The van der Waals surface area contributed by atoms with E-state index >= 15 is 0 Å². The molecule has 0 saturated carbocycles. The van der Waals surface area contributed by atoms with Gasteiger partial charge in [-0.1, -0.05) is 6.92 Å². The largest absolute Gasteiger partial charge is 0.350 e. The molecule has 2 heterocycles. The van der Waals surface area contributed by atoms with Gasteiger partial charge in [-0.3, -0.25) is 4.79 Å². The monoisotopic (exact) mass is 327 g/mol. The Bertz CT molecular complexity index is 444. The van der Waals surface area contributed by atoms with Crippen molar-refractivity contribution in [2.75, 3.05) is 26.7 Å². The first kappa shape index (κ1) is 14.6. The fourth-order valence-corrected chi connectivity index (χ4v) is 3.08. The predicted octanol–water partition coefficient (Wildman–Crippen LogP) is 2.34. The highest BCUT2D eigenvalue weighted by Gasteiger charge is 2.20. The van der Waals surface area contributed by atoms with E-state index in [2.05, 4.69) is 40.1 Å². The third-order valence-corrected chi connectivity index (χ3v) is 4.03. The lowest BCUT2D eigenvalue weighted by Crippen LogP contribution is -2.31. The fourth-order valence-electron chi connectivity index (χ4n) is 2.61. The lowest BCUT2D eigenvalue weighted by atomic mass is 10.1. The predicted molar refractivity (Wildman–Crippen MR) is 80.4 cm³/mol. The number of aromatic nitrogens is 1. The highest BCUT2D eigenvalue weighted by atomic mass is 79.9. The number of likely N-dealkylation sites (tertiary alicyclic amines) is 1. The standard InChI is InChI=1S/C14H22BrN3O/c1-3-5-18-10-12(15)7-13(18)14(19)16-8-11-4-6-17(2)9-11/h7,10-11H,3-6,8-9H2,1-2H3,(H,16,19). The van der Waals surface area contributed by atoms with Crippen molar-refractivity contribution in [2.24, 2.45) is 5.92 Å². The average molecular weight is 328 g/mol. The molecule has 1 saturated heterocycles. The van der Waals surface area contributed by atoms with Crippen LogP contribution in [-0.4, -0.2) is 42.1 Å². The zero-order valence-electron chi connectivity index (χ0n) is 11.7. The summed E-state index contributed by atoms with van der Waals surface area (Å²) in [6.07, 6.45) is 4.17. The van der Waals surface area contributed by atoms with Crippen molar-refractivity contribution in [3.05, 3.63) is 22.4 Å². The summed E-state index contributed by atoms with van der Waals surface area (Å²) >= 11 is 3.44. The molecule has 106 valence electrons. The van der Waals surface area contributed by atoms with Gasteiger partial charge in [-0.25, -0.2) is 0 Å². The van der Waals surface area contributed by atoms with Gasteiger partial charge in [0.15, 0.2) is 0 Å². The van der Waals surface area contributed by atoms with Crippen molar-refractivity contribution in [1.82, 2.24) is 14.8 Å². The maximum Gasteiger partial charge on any atom is 0.267 e. The van der Waals surface area contributed by atoms with E-state index in [1.54, 1.807) is 0 Å². The number of carbonyl (C=O) groups excluding carboxylic acids is 1. The number of aryl methyl sites for hydroxylation is 1. The van der Waals surface area contributed by atoms with Crippen LogP contribution in [0, 0.1) is 5.92 Å². The van der Waals surface area contributed by atoms with Crippen LogP contribution in [0.2, 0.25) is 0 Å². The van der Waals surface area contributed by atoms with Crippen LogP contribution in [0.4, 0.5) is 0 Å². The molecule has 0 radical (unpaired) electrons. The van der Waals surface area contributed by atoms with E-state index in [0.717, 1.165) is 42.8 Å². The molecule has 1 aromatic rings. The number of rotatable bonds is 5. The molecule has 1 amide bonds. The molecular formula is C14H22BrN3O. The van der Waals surface area contributed by atoms with Gasteiger partial charge in [-0.2, -0.15) is 0 Å². The molecule has 1 N–H and O–H groups in total. The molecule has 0 spiro atoms. The van der Waals surface area contributed by atoms with Gasteiger partial charge in [0.2, 0.25) is 0 Å². The Hall–Kier alpha value is -0.810. The molecule has 2 rings (SSSR count). The number of nitrogens with zero attached hydrogens (tertiary/aromatic N) is 2. The summed E-state index contributed by atoms with van der Waals surface area (Å²) in [5.74, 6) is 0.626. The Kier molecular flexibility index (Phi) is 5.05.